The van der Waals surface area contributed by atoms with E-state index in [1.807, 2.05) is 17.5 Å². The lowest BCUT2D eigenvalue weighted by atomic mass is 9.86. The van der Waals surface area contributed by atoms with Crippen LogP contribution in [0.1, 0.15) is 36.7 Å². The van der Waals surface area contributed by atoms with Gasteiger partial charge < -0.3 is 4.42 Å². The molecule has 0 aliphatic carbocycles. The fraction of sp³-hybridized carbons (Fsp3) is 0.174. The lowest BCUT2D eigenvalue weighted by Crippen LogP contribution is -2.21. The Bertz CT molecular complexity index is 1250. The highest BCUT2D eigenvalue weighted by Crippen LogP contribution is 2.28. The maximum atomic E-state index is 12.6. The van der Waals surface area contributed by atoms with Gasteiger partial charge in [-0.3, -0.25) is 14.9 Å². The van der Waals surface area contributed by atoms with Crippen LogP contribution in [-0.2, 0) is 5.41 Å². The molecule has 0 bridgehead atoms. The van der Waals surface area contributed by atoms with Gasteiger partial charge in [0.1, 0.15) is 17.4 Å². The van der Waals surface area contributed by atoms with E-state index in [9.17, 15) is 9.59 Å². The summed E-state index contributed by atoms with van der Waals surface area (Å²) in [6.45, 7) is 6.51. The maximum Gasteiger partial charge on any atom is 0.264 e. The molecule has 0 spiro atoms. The van der Waals surface area contributed by atoms with Crippen LogP contribution >= 0.6 is 11.3 Å². The van der Waals surface area contributed by atoms with Gasteiger partial charge in [-0.2, -0.15) is 0 Å². The average Bonchev–Trinajstić information content (AvgIpc) is 3.16. The van der Waals surface area contributed by atoms with E-state index in [4.69, 9.17) is 4.42 Å². The zero-order chi connectivity index (χ0) is 20.6. The van der Waals surface area contributed by atoms with E-state index in [0.29, 0.717) is 16.1 Å². The molecule has 1 amide bonds. The smallest absolute Gasteiger partial charge is 0.264 e. The van der Waals surface area contributed by atoms with E-state index in [-0.39, 0.29) is 16.4 Å². The Hall–Kier alpha value is -3.25. The number of hydrogen-bond donors (Lipinski definition) is 1. The minimum atomic E-state index is -0.534. The Morgan fingerprint density at radius 1 is 1.07 bits per heavy atom. The average molecular weight is 404 g/mol. The number of hydrogen-bond acceptors (Lipinski definition) is 5. The predicted molar refractivity (Wildman–Crippen MR) is 117 cm³/mol. The summed E-state index contributed by atoms with van der Waals surface area (Å²) >= 11 is 1.31. The van der Waals surface area contributed by atoms with Gasteiger partial charge in [0.25, 0.3) is 5.91 Å². The van der Waals surface area contributed by atoms with Crippen LogP contribution in [0.15, 0.2) is 69.4 Å². The molecular formula is C23H20N2O3S. The number of rotatable bonds is 3. The Labute approximate surface area is 172 Å². The van der Waals surface area contributed by atoms with E-state index in [0.717, 1.165) is 11.3 Å². The zero-order valence-corrected chi connectivity index (χ0v) is 17.2. The van der Waals surface area contributed by atoms with E-state index < -0.39 is 5.91 Å². The van der Waals surface area contributed by atoms with Crippen molar-refractivity contribution >= 4 is 33.3 Å². The van der Waals surface area contributed by atoms with Crippen molar-refractivity contribution in [2.75, 3.05) is 5.32 Å². The van der Waals surface area contributed by atoms with Crippen LogP contribution in [0.4, 0.5) is 5.13 Å². The summed E-state index contributed by atoms with van der Waals surface area (Å²) in [5.41, 5.74) is 3.11. The molecular weight excluding hydrogens is 384 g/mol. The van der Waals surface area contributed by atoms with Crippen LogP contribution in [0.2, 0.25) is 0 Å². The molecule has 6 heteroatoms. The fourth-order valence-electron chi connectivity index (χ4n) is 3.00. The summed E-state index contributed by atoms with van der Waals surface area (Å²) < 4.78 is 5.42. The van der Waals surface area contributed by atoms with Crippen LogP contribution in [-0.4, -0.2) is 10.9 Å². The number of aromatic nitrogens is 1. The van der Waals surface area contributed by atoms with Gasteiger partial charge in [0.2, 0.25) is 5.43 Å². The number of fused-ring (bicyclic) bond motifs is 1. The molecule has 146 valence electrons. The molecule has 2 aromatic heterocycles. The van der Waals surface area contributed by atoms with Crippen molar-refractivity contribution in [2.24, 2.45) is 0 Å². The first-order valence-corrected chi connectivity index (χ1v) is 10.1. The highest BCUT2D eigenvalue weighted by molar-refractivity contribution is 7.14. The van der Waals surface area contributed by atoms with Crippen LogP contribution < -0.4 is 10.7 Å². The normalized spacial score (nSPS) is 11.6. The molecule has 0 atom stereocenters. The Balaban J connectivity index is 1.56. The first kappa shape index (κ1) is 19.1. The molecule has 0 aliphatic rings. The molecule has 0 fully saturated rings. The van der Waals surface area contributed by atoms with Crippen molar-refractivity contribution in [1.29, 1.82) is 0 Å². The second-order valence-electron chi connectivity index (χ2n) is 7.79. The lowest BCUT2D eigenvalue weighted by molar-refractivity contribution is 0.102. The van der Waals surface area contributed by atoms with Gasteiger partial charge in [-0.15, -0.1) is 11.3 Å². The minimum absolute atomic E-state index is 0.0463. The molecule has 29 heavy (non-hydrogen) atoms. The van der Waals surface area contributed by atoms with Gasteiger partial charge in [-0.05, 0) is 23.1 Å². The third kappa shape index (κ3) is 3.84. The van der Waals surface area contributed by atoms with Gasteiger partial charge in [-0.25, -0.2) is 4.98 Å². The van der Waals surface area contributed by atoms with Crippen LogP contribution in [0, 0.1) is 0 Å². The van der Waals surface area contributed by atoms with Crippen LogP contribution in [0.25, 0.3) is 22.2 Å². The van der Waals surface area contributed by atoms with E-state index in [2.05, 4.69) is 43.2 Å². The third-order valence-corrected chi connectivity index (χ3v) is 5.45. The topological polar surface area (TPSA) is 72.2 Å². The van der Waals surface area contributed by atoms with Gasteiger partial charge >= 0.3 is 0 Å². The second kappa shape index (κ2) is 7.29. The number of amides is 1. The highest BCUT2D eigenvalue weighted by atomic mass is 32.1. The summed E-state index contributed by atoms with van der Waals surface area (Å²) in [6.07, 6.45) is 1.19. The number of carbonyl (C=O) groups excluding carboxylic acids is 1. The Morgan fingerprint density at radius 3 is 2.52 bits per heavy atom. The van der Waals surface area contributed by atoms with Gasteiger partial charge in [0, 0.05) is 10.9 Å². The Morgan fingerprint density at radius 2 is 1.79 bits per heavy atom. The van der Waals surface area contributed by atoms with E-state index >= 15 is 0 Å². The molecule has 0 unspecified atom stereocenters. The van der Waals surface area contributed by atoms with E-state index in [1.165, 1.54) is 23.2 Å². The quantitative estimate of drug-likeness (QED) is 0.492. The van der Waals surface area contributed by atoms with Crippen molar-refractivity contribution in [3.63, 3.8) is 0 Å². The van der Waals surface area contributed by atoms with Gasteiger partial charge in [-0.1, -0.05) is 57.2 Å². The number of nitrogens with one attached hydrogen (secondary N) is 1. The van der Waals surface area contributed by atoms with Crippen LogP contribution in [0.5, 0.6) is 0 Å². The first-order valence-electron chi connectivity index (χ1n) is 9.21. The number of benzene rings is 2. The second-order valence-corrected chi connectivity index (χ2v) is 8.65. The fourth-order valence-corrected chi connectivity index (χ4v) is 3.72. The van der Waals surface area contributed by atoms with Crippen molar-refractivity contribution < 1.29 is 9.21 Å². The Kier molecular flexibility index (Phi) is 4.80. The maximum absolute atomic E-state index is 12.6. The molecule has 0 saturated heterocycles. The molecule has 0 aliphatic heterocycles. The SMILES string of the molecule is CC(C)(C)c1ccc(-c2csc(NC(=O)c3coc4ccccc4c3=O)n2)cc1. The summed E-state index contributed by atoms with van der Waals surface area (Å²) in [7, 11) is 0. The molecule has 2 heterocycles. The van der Waals surface area contributed by atoms with E-state index in [1.54, 1.807) is 24.3 Å². The molecule has 2 aromatic carbocycles. The highest BCUT2D eigenvalue weighted by Gasteiger charge is 2.17. The third-order valence-electron chi connectivity index (χ3n) is 4.70. The van der Waals surface area contributed by atoms with Gasteiger partial charge in [0.05, 0.1) is 11.1 Å². The van der Waals surface area contributed by atoms with Crippen molar-refractivity contribution in [3.05, 3.63) is 81.5 Å². The summed E-state index contributed by atoms with van der Waals surface area (Å²) in [4.78, 5) is 29.6. The standard InChI is InChI=1S/C23H20N2O3S/c1-23(2,3)15-10-8-14(9-11-15)18-13-29-22(24-18)25-21(27)17-12-28-19-7-5-4-6-16(19)20(17)26/h4-13H,1-3H3,(H,24,25,27). The molecule has 1 N–H and O–H groups in total. The molecule has 0 saturated carbocycles. The van der Waals surface area contributed by atoms with Crippen LogP contribution in [0.3, 0.4) is 0 Å². The summed E-state index contributed by atoms with van der Waals surface area (Å²) in [6, 6.07) is 15.1. The van der Waals surface area contributed by atoms with Crippen molar-refractivity contribution in [3.8, 4) is 11.3 Å². The number of para-hydroxylation sites is 1. The monoisotopic (exact) mass is 404 g/mol. The largest absolute Gasteiger partial charge is 0.463 e. The number of carbonyl (C=O) groups is 1. The first-order chi connectivity index (χ1) is 13.8. The number of nitrogens with zero attached hydrogens (tertiary/aromatic N) is 1. The lowest BCUT2D eigenvalue weighted by Gasteiger charge is -2.18. The minimum Gasteiger partial charge on any atom is -0.463 e. The molecule has 0 radical (unpaired) electrons. The molecule has 5 nitrogen and oxygen atoms in total. The zero-order valence-electron chi connectivity index (χ0n) is 16.4. The predicted octanol–water partition coefficient (Wildman–Crippen LogP) is 5.47. The van der Waals surface area contributed by atoms with Crippen molar-refractivity contribution in [1.82, 2.24) is 4.98 Å². The molecule has 4 rings (SSSR count). The summed E-state index contributed by atoms with van der Waals surface area (Å²) in [5.74, 6) is -0.534. The van der Waals surface area contributed by atoms with Gasteiger partial charge in [0.15, 0.2) is 5.13 Å². The summed E-state index contributed by atoms with van der Waals surface area (Å²) in [5, 5.41) is 5.38. The number of anilines is 1. The van der Waals surface area contributed by atoms with Crippen molar-refractivity contribution in [2.45, 2.75) is 26.2 Å². The number of thiazole rings is 1. The molecule has 4 aromatic rings.